The number of carbonyl (C=O) groups is 2. The molecule has 6 nitrogen and oxygen atoms in total. The minimum absolute atomic E-state index is 0.00828. The SMILES string of the molecule is C[C@@H](Oc1ccc(Cl)cc1Cl)C(=O)NC1CCC(NC(=O)[C@@H](C)Oc2ccc(Cl)cc2Cl)CC1. The van der Waals surface area contributed by atoms with E-state index in [-0.39, 0.29) is 23.9 Å². The van der Waals surface area contributed by atoms with E-state index in [0.29, 0.717) is 31.6 Å². The van der Waals surface area contributed by atoms with Crippen LogP contribution < -0.4 is 20.1 Å². The third-order valence-electron chi connectivity index (χ3n) is 5.55. The van der Waals surface area contributed by atoms with Crippen molar-refractivity contribution in [1.82, 2.24) is 10.6 Å². The molecule has 34 heavy (non-hydrogen) atoms. The summed E-state index contributed by atoms with van der Waals surface area (Å²) >= 11 is 24.0. The quantitative estimate of drug-likeness (QED) is 0.420. The molecule has 2 aromatic rings. The van der Waals surface area contributed by atoms with Crippen LogP contribution in [0.15, 0.2) is 36.4 Å². The summed E-state index contributed by atoms with van der Waals surface area (Å²) in [5.41, 5.74) is 0. The lowest BCUT2D eigenvalue weighted by Crippen LogP contribution is -2.48. The zero-order chi connectivity index (χ0) is 24.8. The molecule has 0 heterocycles. The van der Waals surface area contributed by atoms with Crippen LogP contribution in [0, 0.1) is 0 Å². The molecule has 0 spiro atoms. The predicted octanol–water partition coefficient (Wildman–Crippen LogP) is 6.08. The molecule has 10 heteroatoms. The zero-order valence-electron chi connectivity index (χ0n) is 18.7. The maximum Gasteiger partial charge on any atom is 0.260 e. The van der Waals surface area contributed by atoms with E-state index in [1.807, 2.05) is 0 Å². The lowest BCUT2D eigenvalue weighted by molar-refractivity contribution is -0.129. The Kier molecular flexibility index (Phi) is 9.60. The fourth-order valence-electron chi connectivity index (χ4n) is 3.65. The molecule has 0 saturated heterocycles. The Labute approximate surface area is 219 Å². The van der Waals surface area contributed by atoms with Crippen molar-refractivity contribution in [2.24, 2.45) is 0 Å². The van der Waals surface area contributed by atoms with Gasteiger partial charge in [0.15, 0.2) is 12.2 Å². The molecule has 2 amide bonds. The van der Waals surface area contributed by atoms with Crippen LogP contribution in [-0.4, -0.2) is 36.1 Å². The zero-order valence-corrected chi connectivity index (χ0v) is 21.8. The Morgan fingerprint density at radius 1 is 0.735 bits per heavy atom. The van der Waals surface area contributed by atoms with Gasteiger partial charge < -0.3 is 20.1 Å². The summed E-state index contributed by atoms with van der Waals surface area (Å²) in [6.45, 7) is 3.33. The number of halogens is 4. The Balaban J connectivity index is 1.41. The van der Waals surface area contributed by atoms with E-state index in [1.54, 1.807) is 50.2 Å². The predicted molar refractivity (Wildman–Crippen MR) is 135 cm³/mol. The number of rotatable bonds is 8. The van der Waals surface area contributed by atoms with E-state index >= 15 is 0 Å². The van der Waals surface area contributed by atoms with Gasteiger partial charge in [-0.3, -0.25) is 9.59 Å². The molecule has 2 atom stereocenters. The molecule has 0 radical (unpaired) electrons. The molecule has 3 rings (SSSR count). The smallest absolute Gasteiger partial charge is 0.260 e. The lowest BCUT2D eigenvalue weighted by Gasteiger charge is -2.31. The van der Waals surface area contributed by atoms with Crippen molar-refractivity contribution < 1.29 is 19.1 Å². The van der Waals surface area contributed by atoms with Crippen molar-refractivity contribution in [3.8, 4) is 11.5 Å². The van der Waals surface area contributed by atoms with E-state index in [9.17, 15) is 9.59 Å². The average Bonchev–Trinajstić information content (AvgIpc) is 2.78. The van der Waals surface area contributed by atoms with Gasteiger partial charge in [-0.2, -0.15) is 0 Å². The van der Waals surface area contributed by atoms with E-state index < -0.39 is 12.2 Å². The molecule has 2 N–H and O–H groups in total. The van der Waals surface area contributed by atoms with Crippen molar-refractivity contribution in [3.63, 3.8) is 0 Å². The number of nitrogens with one attached hydrogen (secondary N) is 2. The van der Waals surface area contributed by atoms with Crippen molar-refractivity contribution in [3.05, 3.63) is 56.5 Å². The van der Waals surface area contributed by atoms with Crippen molar-refractivity contribution >= 4 is 58.2 Å². The summed E-state index contributed by atoms with van der Waals surface area (Å²) < 4.78 is 11.4. The molecule has 0 aliphatic heterocycles. The molecule has 184 valence electrons. The first-order valence-electron chi connectivity index (χ1n) is 11.0. The van der Waals surface area contributed by atoms with Gasteiger partial charge in [-0.25, -0.2) is 0 Å². The number of benzene rings is 2. The van der Waals surface area contributed by atoms with Crippen LogP contribution in [0.2, 0.25) is 20.1 Å². The third kappa shape index (κ3) is 7.57. The van der Waals surface area contributed by atoms with Gasteiger partial charge in [0.1, 0.15) is 11.5 Å². The highest BCUT2D eigenvalue weighted by molar-refractivity contribution is 6.36. The van der Waals surface area contributed by atoms with Crippen molar-refractivity contribution in [1.29, 1.82) is 0 Å². The van der Waals surface area contributed by atoms with Gasteiger partial charge in [-0.1, -0.05) is 46.4 Å². The molecule has 2 aromatic carbocycles. The Morgan fingerprint density at radius 2 is 1.09 bits per heavy atom. The van der Waals surface area contributed by atoms with Crippen LogP contribution in [0.25, 0.3) is 0 Å². The molecule has 1 fully saturated rings. The van der Waals surface area contributed by atoms with Gasteiger partial charge >= 0.3 is 0 Å². The summed E-state index contributed by atoms with van der Waals surface area (Å²) in [6.07, 6.45) is 1.53. The normalized spacial score (nSPS) is 19.6. The van der Waals surface area contributed by atoms with Crippen LogP contribution in [-0.2, 0) is 9.59 Å². The Morgan fingerprint density at radius 3 is 1.41 bits per heavy atom. The molecule has 1 saturated carbocycles. The van der Waals surface area contributed by atoms with E-state index in [0.717, 1.165) is 25.7 Å². The van der Waals surface area contributed by atoms with Crippen molar-refractivity contribution in [2.75, 3.05) is 0 Å². The fraction of sp³-hybridized carbons (Fsp3) is 0.417. The average molecular weight is 548 g/mol. The van der Waals surface area contributed by atoms with E-state index in [1.165, 1.54) is 0 Å². The number of hydrogen-bond donors (Lipinski definition) is 2. The summed E-state index contributed by atoms with van der Waals surface area (Å²) in [4.78, 5) is 25.1. The molecule has 1 aliphatic carbocycles. The van der Waals surface area contributed by atoms with Crippen LogP contribution in [0.3, 0.4) is 0 Å². The second kappa shape index (κ2) is 12.2. The van der Waals surface area contributed by atoms with Crippen LogP contribution in [0.1, 0.15) is 39.5 Å². The van der Waals surface area contributed by atoms with Gasteiger partial charge in [0, 0.05) is 22.1 Å². The largest absolute Gasteiger partial charge is 0.479 e. The lowest BCUT2D eigenvalue weighted by atomic mass is 9.91. The second-order valence-electron chi connectivity index (χ2n) is 8.24. The maximum absolute atomic E-state index is 12.6. The van der Waals surface area contributed by atoms with E-state index in [2.05, 4.69) is 10.6 Å². The van der Waals surface area contributed by atoms with Crippen LogP contribution in [0.5, 0.6) is 11.5 Å². The van der Waals surface area contributed by atoms with E-state index in [4.69, 9.17) is 55.9 Å². The minimum Gasteiger partial charge on any atom is -0.479 e. The topological polar surface area (TPSA) is 76.7 Å². The Hall–Kier alpha value is -1.86. The first-order chi connectivity index (χ1) is 16.1. The third-order valence-corrected chi connectivity index (χ3v) is 6.61. The minimum atomic E-state index is -0.714. The number of hydrogen-bond acceptors (Lipinski definition) is 4. The highest BCUT2D eigenvalue weighted by Gasteiger charge is 2.27. The second-order valence-corrected chi connectivity index (χ2v) is 9.92. The van der Waals surface area contributed by atoms with Gasteiger partial charge in [0.2, 0.25) is 0 Å². The summed E-state index contributed by atoms with van der Waals surface area (Å²) in [7, 11) is 0. The standard InChI is InChI=1S/C24H26Cl4N2O4/c1-13(33-21-9-3-15(25)11-19(21)27)23(31)29-17-5-7-18(8-6-17)30-24(32)14(2)34-22-10-4-16(26)12-20(22)28/h3-4,9-14,17-18H,5-8H2,1-2H3,(H,29,31)(H,30,32)/t13-,14-,17?,18?/m1/s1. The highest BCUT2D eigenvalue weighted by Crippen LogP contribution is 2.29. The molecule has 0 bridgehead atoms. The maximum atomic E-state index is 12.6. The highest BCUT2D eigenvalue weighted by atomic mass is 35.5. The van der Waals surface area contributed by atoms with Gasteiger partial charge in [-0.05, 0) is 75.9 Å². The number of carbonyl (C=O) groups excluding carboxylic acids is 2. The molecule has 0 aromatic heterocycles. The molecular formula is C24H26Cl4N2O4. The van der Waals surface area contributed by atoms with Gasteiger partial charge in [-0.15, -0.1) is 0 Å². The number of amides is 2. The van der Waals surface area contributed by atoms with Gasteiger partial charge in [0.25, 0.3) is 11.8 Å². The fourth-order valence-corrected chi connectivity index (χ4v) is 4.55. The monoisotopic (exact) mass is 546 g/mol. The summed E-state index contributed by atoms with van der Waals surface area (Å²) in [5.74, 6) is 0.355. The molecular weight excluding hydrogens is 522 g/mol. The summed E-state index contributed by atoms with van der Waals surface area (Å²) in [5, 5.41) is 7.71. The van der Waals surface area contributed by atoms with Crippen LogP contribution >= 0.6 is 46.4 Å². The Bertz CT molecular complexity index is 947. The first-order valence-corrected chi connectivity index (χ1v) is 12.5. The molecule has 0 unspecified atom stereocenters. The first kappa shape index (κ1) is 26.7. The number of ether oxygens (including phenoxy) is 2. The molecule has 1 aliphatic rings. The van der Waals surface area contributed by atoms with Crippen LogP contribution in [0.4, 0.5) is 0 Å². The van der Waals surface area contributed by atoms with Gasteiger partial charge in [0.05, 0.1) is 10.0 Å². The summed E-state index contributed by atoms with van der Waals surface area (Å²) in [6, 6.07) is 9.71. The van der Waals surface area contributed by atoms with Crippen molar-refractivity contribution in [2.45, 2.75) is 63.8 Å².